The van der Waals surface area contributed by atoms with E-state index in [1.165, 1.54) is 0 Å². The molecule has 1 heterocycles. The van der Waals surface area contributed by atoms with Gasteiger partial charge in [0.1, 0.15) is 22.8 Å². The topological polar surface area (TPSA) is 61.8 Å². The molecular weight excluding hydrogens is 424 g/mol. The highest BCUT2D eigenvalue weighted by molar-refractivity contribution is 6.71. The van der Waals surface area contributed by atoms with Crippen LogP contribution in [0, 0.1) is 0 Å². The van der Waals surface area contributed by atoms with Crippen molar-refractivity contribution in [3.05, 3.63) is 29.3 Å². The number of rotatable bonds is 4. The van der Waals surface area contributed by atoms with E-state index in [9.17, 15) is 9.59 Å². The number of carbonyl (C=O) groups is 2. The van der Waals surface area contributed by atoms with Crippen LogP contribution >= 0.6 is 0 Å². The lowest BCUT2D eigenvalue weighted by Gasteiger charge is -2.26. The van der Waals surface area contributed by atoms with Gasteiger partial charge in [0.05, 0.1) is 6.10 Å². The molecule has 1 aromatic rings. The molecular formula is C24H38O5Si2. The Labute approximate surface area is 189 Å². The van der Waals surface area contributed by atoms with Crippen molar-refractivity contribution in [1.29, 1.82) is 0 Å². The molecule has 0 amide bonds. The van der Waals surface area contributed by atoms with E-state index in [0.717, 1.165) is 24.8 Å². The standard InChI is InChI=1S/C24H38O5Si2/c1-18-12-11-15-20(25)14-10-8-9-13-19-16-21(28-30(2,3)4)17-22(29-31(5,6)7)23(19)24(26)27-18/h9,13,16-18H,8,10-12,14-15H2,1-7H3/b13-9-. The molecule has 172 valence electrons. The van der Waals surface area contributed by atoms with Crippen LogP contribution in [0.3, 0.4) is 0 Å². The van der Waals surface area contributed by atoms with Crippen molar-refractivity contribution >= 4 is 34.5 Å². The summed E-state index contributed by atoms with van der Waals surface area (Å²) in [7, 11) is -3.84. The van der Waals surface area contributed by atoms with Crippen LogP contribution in [0.4, 0.5) is 0 Å². The van der Waals surface area contributed by atoms with Crippen molar-refractivity contribution in [2.45, 2.75) is 90.8 Å². The molecule has 1 aliphatic heterocycles. The van der Waals surface area contributed by atoms with E-state index in [2.05, 4.69) is 39.3 Å². The number of benzene rings is 1. The summed E-state index contributed by atoms with van der Waals surface area (Å²) in [4.78, 5) is 25.3. The summed E-state index contributed by atoms with van der Waals surface area (Å²) in [5, 5.41) is 0. The number of Topliss-reactive ketones (excluding diaryl/α,β-unsaturated/α-hetero) is 1. The summed E-state index contributed by atoms with van der Waals surface area (Å²) in [6, 6.07) is 3.75. The summed E-state index contributed by atoms with van der Waals surface area (Å²) in [5.41, 5.74) is 1.20. The van der Waals surface area contributed by atoms with Crippen LogP contribution in [-0.4, -0.2) is 34.5 Å². The summed E-state index contributed by atoms with van der Waals surface area (Å²) >= 11 is 0. The second kappa shape index (κ2) is 10.6. The molecule has 0 aromatic heterocycles. The monoisotopic (exact) mass is 462 g/mol. The van der Waals surface area contributed by atoms with E-state index < -0.39 is 16.6 Å². The van der Waals surface area contributed by atoms with Gasteiger partial charge in [0, 0.05) is 18.9 Å². The molecule has 1 aromatic carbocycles. The maximum atomic E-state index is 13.2. The second-order valence-corrected chi connectivity index (χ2v) is 19.1. The molecule has 1 atom stereocenters. The number of carbonyl (C=O) groups excluding carboxylic acids is 2. The molecule has 1 aliphatic rings. The number of cyclic esters (lactones) is 1. The Morgan fingerprint density at radius 1 is 0.935 bits per heavy atom. The van der Waals surface area contributed by atoms with E-state index in [1.54, 1.807) is 0 Å². The molecule has 0 N–H and O–H groups in total. The highest BCUT2D eigenvalue weighted by Gasteiger charge is 2.27. The molecule has 0 fully saturated rings. The predicted molar refractivity (Wildman–Crippen MR) is 131 cm³/mol. The fourth-order valence-electron chi connectivity index (χ4n) is 3.42. The van der Waals surface area contributed by atoms with Crippen molar-refractivity contribution in [3.8, 4) is 11.5 Å². The fourth-order valence-corrected chi connectivity index (χ4v) is 5.07. The van der Waals surface area contributed by atoms with Crippen molar-refractivity contribution < 1.29 is 23.2 Å². The van der Waals surface area contributed by atoms with E-state index >= 15 is 0 Å². The highest BCUT2D eigenvalue weighted by atomic mass is 28.4. The maximum absolute atomic E-state index is 13.2. The van der Waals surface area contributed by atoms with Gasteiger partial charge in [-0.15, -0.1) is 0 Å². The predicted octanol–water partition coefficient (Wildman–Crippen LogP) is 6.60. The number of ether oxygens (including phenoxy) is 1. The van der Waals surface area contributed by atoms with Gasteiger partial charge < -0.3 is 13.6 Å². The third-order valence-corrected chi connectivity index (χ3v) is 6.33. The lowest BCUT2D eigenvalue weighted by Crippen LogP contribution is -2.31. The Balaban J connectivity index is 2.55. The van der Waals surface area contributed by atoms with Crippen LogP contribution in [0.25, 0.3) is 6.08 Å². The average molecular weight is 463 g/mol. The average Bonchev–Trinajstić information content (AvgIpc) is 2.57. The van der Waals surface area contributed by atoms with Crippen molar-refractivity contribution in [2.24, 2.45) is 0 Å². The number of hydrogen-bond donors (Lipinski definition) is 0. The molecule has 0 saturated carbocycles. The summed E-state index contributed by atoms with van der Waals surface area (Å²) < 4.78 is 18.4. The first kappa shape index (κ1) is 25.4. The normalized spacial score (nSPS) is 20.3. The molecule has 1 unspecified atom stereocenters. The molecule has 5 nitrogen and oxygen atoms in total. The van der Waals surface area contributed by atoms with Gasteiger partial charge in [-0.2, -0.15) is 0 Å². The second-order valence-electron chi connectivity index (χ2n) is 10.3. The molecule has 0 aliphatic carbocycles. The third kappa shape index (κ3) is 9.03. The smallest absolute Gasteiger partial charge is 0.342 e. The summed E-state index contributed by atoms with van der Waals surface area (Å²) in [6.07, 6.45) is 7.82. The van der Waals surface area contributed by atoms with Crippen molar-refractivity contribution in [3.63, 3.8) is 0 Å². The zero-order chi connectivity index (χ0) is 23.2. The maximum Gasteiger partial charge on any atom is 0.342 e. The lowest BCUT2D eigenvalue weighted by molar-refractivity contribution is -0.119. The van der Waals surface area contributed by atoms with Crippen LogP contribution in [0.5, 0.6) is 11.5 Å². The van der Waals surface area contributed by atoms with Gasteiger partial charge >= 0.3 is 5.97 Å². The van der Waals surface area contributed by atoms with E-state index in [-0.39, 0.29) is 17.9 Å². The number of allylic oxidation sites excluding steroid dienone is 1. The van der Waals surface area contributed by atoms with Gasteiger partial charge in [0.2, 0.25) is 16.6 Å². The number of fused-ring (bicyclic) bond motifs is 1. The van der Waals surface area contributed by atoms with E-state index in [4.69, 9.17) is 13.6 Å². The Bertz CT molecular complexity index is 818. The van der Waals surface area contributed by atoms with Gasteiger partial charge in [-0.3, -0.25) is 4.79 Å². The van der Waals surface area contributed by atoms with Crippen LogP contribution in [-0.2, 0) is 9.53 Å². The number of esters is 1. The van der Waals surface area contributed by atoms with Gasteiger partial charge in [-0.05, 0) is 83.5 Å². The minimum absolute atomic E-state index is 0.266. The minimum Gasteiger partial charge on any atom is -0.544 e. The number of ketones is 1. The fraction of sp³-hybridized carbons (Fsp3) is 0.583. The Morgan fingerprint density at radius 2 is 1.58 bits per heavy atom. The molecule has 31 heavy (non-hydrogen) atoms. The molecule has 0 radical (unpaired) electrons. The molecule has 7 heteroatoms. The van der Waals surface area contributed by atoms with Crippen LogP contribution in [0.15, 0.2) is 18.2 Å². The van der Waals surface area contributed by atoms with Crippen LogP contribution in [0.2, 0.25) is 39.3 Å². The lowest BCUT2D eigenvalue weighted by atomic mass is 10.0. The zero-order valence-electron chi connectivity index (χ0n) is 20.2. The molecule has 0 saturated heterocycles. The van der Waals surface area contributed by atoms with Crippen LogP contribution in [0.1, 0.15) is 61.4 Å². The van der Waals surface area contributed by atoms with Gasteiger partial charge in [0.25, 0.3) is 0 Å². The van der Waals surface area contributed by atoms with Crippen molar-refractivity contribution in [2.75, 3.05) is 0 Å². The zero-order valence-corrected chi connectivity index (χ0v) is 22.2. The van der Waals surface area contributed by atoms with Gasteiger partial charge in [-0.1, -0.05) is 12.2 Å². The molecule has 2 rings (SSSR count). The Hall–Kier alpha value is -1.87. The SMILES string of the molecule is CC1CCCC(=O)CCC/C=C\c2cc(O[Si](C)(C)C)cc(O[Si](C)(C)C)c2C(=O)O1. The summed E-state index contributed by atoms with van der Waals surface area (Å²) in [6.45, 7) is 14.5. The highest BCUT2D eigenvalue weighted by Crippen LogP contribution is 2.34. The van der Waals surface area contributed by atoms with E-state index in [0.29, 0.717) is 36.3 Å². The quantitative estimate of drug-likeness (QED) is 0.373. The van der Waals surface area contributed by atoms with Gasteiger partial charge in [0.15, 0.2) is 0 Å². The summed E-state index contributed by atoms with van der Waals surface area (Å²) in [5.74, 6) is 1.14. The first-order valence-electron chi connectivity index (χ1n) is 11.3. The van der Waals surface area contributed by atoms with Crippen molar-refractivity contribution in [1.82, 2.24) is 0 Å². The molecule has 0 spiro atoms. The van der Waals surface area contributed by atoms with E-state index in [1.807, 2.05) is 31.2 Å². The first-order chi connectivity index (χ1) is 14.3. The first-order valence-corrected chi connectivity index (χ1v) is 18.1. The molecule has 0 bridgehead atoms. The Morgan fingerprint density at radius 3 is 2.23 bits per heavy atom. The minimum atomic E-state index is -1.99. The largest absolute Gasteiger partial charge is 0.544 e. The third-order valence-electron chi connectivity index (χ3n) is 4.65. The van der Waals surface area contributed by atoms with Crippen LogP contribution < -0.4 is 8.85 Å². The Kier molecular flexibility index (Phi) is 8.71. The van der Waals surface area contributed by atoms with Gasteiger partial charge in [-0.25, -0.2) is 4.79 Å². The number of hydrogen-bond acceptors (Lipinski definition) is 5.